The lowest BCUT2D eigenvalue weighted by atomic mass is 9.87. The van der Waals surface area contributed by atoms with E-state index in [-0.39, 0.29) is 11.9 Å². The maximum Gasteiger partial charge on any atom is 0.329 e. The molecule has 0 aromatic carbocycles. The van der Waals surface area contributed by atoms with Crippen molar-refractivity contribution in [1.82, 2.24) is 0 Å². The van der Waals surface area contributed by atoms with Crippen LogP contribution in [0.1, 0.15) is 60.2 Å². The Hall–Kier alpha value is -3.06. The molecule has 0 saturated carbocycles. The van der Waals surface area contributed by atoms with Crippen LogP contribution in [0.2, 0.25) is 0 Å². The molecular formula is C26H36O7. The zero-order valence-electron chi connectivity index (χ0n) is 20.2. The summed E-state index contributed by atoms with van der Waals surface area (Å²) in [7, 11) is 2.74. The maximum absolute atomic E-state index is 11.5. The molecule has 3 heterocycles. The Morgan fingerprint density at radius 1 is 1.00 bits per heavy atom. The lowest BCUT2D eigenvalue weighted by Crippen LogP contribution is -2.18. The minimum Gasteiger partial charge on any atom is -0.469 e. The Morgan fingerprint density at radius 3 is 2.09 bits per heavy atom. The van der Waals surface area contributed by atoms with E-state index in [1.165, 1.54) is 27.1 Å². The number of furan rings is 2. The molecule has 4 rings (SSSR count). The molecule has 182 valence electrons. The average Bonchev–Trinajstić information content (AvgIpc) is 3.60. The van der Waals surface area contributed by atoms with Gasteiger partial charge in [0, 0.05) is 31.3 Å². The minimum absolute atomic E-state index is 0.110. The number of hydrogen-bond acceptors (Lipinski definition) is 7. The van der Waals surface area contributed by atoms with E-state index in [9.17, 15) is 9.59 Å². The predicted octanol–water partition coefficient (Wildman–Crippen LogP) is 5.55. The Labute approximate surface area is 196 Å². The van der Waals surface area contributed by atoms with Crippen LogP contribution in [0.3, 0.4) is 0 Å². The van der Waals surface area contributed by atoms with Gasteiger partial charge in [-0.25, -0.2) is 4.79 Å². The predicted molar refractivity (Wildman–Crippen MR) is 127 cm³/mol. The number of esters is 2. The number of fused-ring (bicyclic) bond motifs is 1. The summed E-state index contributed by atoms with van der Waals surface area (Å²) < 4.78 is 24.5. The smallest absolute Gasteiger partial charge is 0.329 e. The number of methoxy groups -OCH3 is 2. The summed E-state index contributed by atoms with van der Waals surface area (Å²) >= 11 is 0. The van der Waals surface area contributed by atoms with Crippen molar-refractivity contribution in [2.75, 3.05) is 27.4 Å². The lowest BCUT2D eigenvalue weighted by molar-refractivity contribution is -0.142. The van der Waals surface area contributed by atoms with Crippen LogP contribution in [-0.2, 0) is 30.2 Å². The molecule has 2 aromatic heterocycles. The van der Waals surface area contributed by atoms with Gasteiger partial charge in [0.2, 0.25) is 0 Å². The van der Waals surface area contributed by atoms with Gasteiger partial charge in [-0.3, -0.25) is 4.79 Å². The van der Waals surface area contributed by atoms with Crippen molar-refractivity contribution in [3.63, 3.8) is 0 Å². The topological polar surface area (TPSA) is 88.1 Å². The molecule has 2 aliphatic rings. The van der Waals surface area contributed by atoms with Gasteiger partial charge in [-0.15, -0.1) is 0 Å². The molecule has 2 aromatic rings. The number of ether oxygens (including phenoxy) is 3. The summed E-state index contributed by atoms with van der Waals surface area (Å²) in [5.41, 5.74) is 1.03. The number of hydrogen-bond donors (Lipinski definition) is 0. The number of aryl methyl sites for hydroxylation is 3. The molecule has 1 aliphatic heterocycles. The zero-order chi connectivity index (χ0) is 24.6. The van der Waals surface area contributed by atoms with E-state index in [1.807, 2.05) is 32.0 Å². The van der Waals surface area contributed by atoms with Gasteiger partial charge in [-0.05, 0) is 63.8 Å². The zero-order valence-corrected chi connectivity index (χ0v) is 20.2. The Balaban J connectivity index is 0.000000243. The van der Waals surface area contributed by atoms with E-state index >= 15 is 0 Å². The van der Waals surface area contributed by atoms with Crippen LogP contribution in [0.5, 0.6) is 0 Å². The lowest BCUT2D eigenvalue weighted by Gasteiger charge is -2.18. The van der Waals surface area contributed by atoms with E-state index in [0.717, 1.165) is 67.2 Å². The normalized spacial score (nSPS) is 15.7. The van der Waals surface area contributed by atoms with Gasteiger partial charge >= 0.3 is 11.9 Å². The summed E-state index contributed by atoms with van der Waals surface area (Å²) in [6.45, 7) is 12.5. The third-order valence-corrected chi connectivity index (χ3v) is 4.88. The second-order valence-corrected chi connectivity index (χ2v) is 7.40. The molecule has 1 saturated heterocycles. The summed E-state index contributed by atoms with van der Waals surface area (Å²) in [4.78, 5) is 21.3. The third-order valence-electron chi connectivity index (χ3n) is 4.88. The van der Waals surface area contributed by atoms with Crippen LogP contribution in [-0.4, -0.2) is 39.4 Å². The van der Waals surface area contributed by atoms with Gasteiger partial charge in [-0.2, -0.15) is 0 Å². The van der Waals surface area contributed by atoms with Crippen molar-refractivity contribution in [2.24, 2.45) is 0 Å². The van der Waals surface area contributed by atoms with E-state index in [1.54, 1.807) is 6.08 Å². The fourth-order valence-electron chi connectivity index (χ4n) is 3.24. The second-order valence-electron chi connectivity index (χ2n) is 7.40. The van der Waals surface area contributed by atoms with Crippen molar-refractivity contribution >= 4 is 18.0 Å². The molecule has 0 radical (unpaired) electrons. The molecule has 0 amide bonds. The van der Waals surface area contributed by atoms with Crippen LogP contribution in [0.15, 0.2) is 46.3 Å². The SMILES string of the molecule is C1CCOC1.C=CC(=O)OC.C=Cc1ccc(C)o1.COC(=O)C1CCCc2oc(C)cc21. The number of carbonyl (C=O) groups excluding carboxylic acids is 2. The van der Waals surface area contributed by atoms with Gasteiger partial charge in [-0.1, -0.05) is 13.2 Å². The molecule has 1 aliphatic carbocycles. The fraction of sp³-hybridized carbons (Fsp3) is 0.462. The van der Waals surface area contributed by atoms with Crippen LogP contribution >= 0.6 is 0 Å². The molecule has 7 nitrogen and oxygen atoms in total. The monoisotopic (exact) mass is 460 g/mol. The molecule has 1 unspecified atom stereocenters. The largest absolute Gasteiger partial charge is 0.469 e. The van der Waals surface area contributed by atoms with Crippen molar-refractivity contribution in [1.29, 1.82) is 0 Å². The van der Waals surface area contributed by atoms with Crippen molar-refractivity contribution in [2.45, 2.75) is 51.9 Å². The molecular weight excluding hydrogens is 424 g/mol. The molecule has 7 heteroatoms. The maximum atomic E-state index is 11.5. The third kappa shape index (κ3) is 10.4. The van der Waals surface area contributed by atoms with Gasteiger partial charge in [0.25, 0.3) is 0 Å². The van der Waals surface area contributed by atoms with E-state index in [0.29, 0.717) is 0 Å². The highest BCUT2D eigenvalue weighted by molar-refractivity contribution is 5.81. The molecule has 0 spiro atoms. The summed E-state index contributed by atoms with van der Waals surface area (Å²) in [6.07, 6.45) is 8.17. The highest BCUT2D eigenvalue weighted by Crippen LogP contribution is 2.34. The van der Waals surface area contributed by atoms with Crippen LogP contribution < -0.4 is 0 Å². The van der Waals surface area contributed by atoms with Crippen LogP contribution in [0, 0.1) is 13.8 Å². The first kappa shape index (κ1) is 28.0. The first-order chi connectivity index (χ1) is 15.9. The summed E-state index contributed by atoms with van der Waals surface area (Å²) in [5.74, 6) is 2.96. The molecule has 1 atom stereocenters. The van der Waals surface area contributed by atoms with Crippen molar-refractivity contribution in [3.05, 3.63) is 66.0 Å². The van der Waals surface area contributed by atoms with Crippen LogP contribution in [0.4, 0.5) is 0 Å². The standard InChI is InChI=1S/C11H14O3.C7H8O.C4H6O2.C4H8O/c1-7-6-9-8(11(12)13-2)4-3-5-10(9)14-7;1-3-7-5-4-6(2)8-7;1-3-4(5)6-2;1-2-4-5-3-1/h6,8H,3-5H2,1-2H3;3-5H,1H2,2H3;3H,1H2,2H3;1-4H2. The summed E-state index contributed by atoms with van der Waals surface area (Å²) in [6, 6.07) is 5.76. The quantitative estimate of drug-likeness (QED) is 0.438. The first-order valence-electron chi connectivity index (χ1n) is 11.0. The minimum atomic E-state index is -0.394. The summed E-state index contributed by atoms with van der Waals surface area (Å²) in [5, 5.41) is 0. The molecule has 33 heavy (non-hydrogen) atoms. The Kier molecular flexibility index (Phi) is 13.3. The van der Waals surface area contributed by atoms with E-state index < -0.39 is 5.97 Å². The van der Waals surface area contributed by atoms with E-state index in [4.69, 9.17) is 18.3 Å². The fourth-order valence-corrected chi connectivity index (χ4v) is 3.24. The van der Waals surface area contributed by atoms with E-state index in [2.05, 4.69) is 17.9 Å². The van der Waals surface area contributed by atoms with Crippen molar-refractivity contribution < 1.29 is 32.6 Å². The molecule has 0 N–H and O–H groups in total. The molecule has 1 fully saturated rings. The van der Waals surface area contributed by atoms with Crippen LogP contribution in [0.25, 0.3) is 6.08 Å². The molecule has 0 bridgehead atoms. The van der Waals surface area contributed by atoms with Gasteiger partial charge in [0.1, 0.15) is 23.0 Å². The van der Waals surface area contributed by atoms with Gasteiger partial charge < -0.3 is 23.0 Å². The highest BCUT2D eigenvalue weighted by atomic mass is 16.5. The van der Waals surface area contributed by atoms with Crippen molar-refractivity contribution in [3.8, 4) is 0 Å². The average molecular weight is 461 g/mol. The second kappa shape index (κ2) is 15.7. The Bertz CT molecular complexity index is 863. The number of rotatable bonds is 3. The van der Waals surface area contributed by atoms with Gasteiger partial charge in [0.15, 0.2) is 0 Å². The first-order valence-corrected chi connectivity index (χ1v) is 11.0. The number of carbonyl (C=O) groups is 2. The highest BCUT2D eigenvalue weighted by Gasteiger charge is 2.29. The van der Waals surface area contributed by atoms with Gasteiger partial charge in [0.05, 0.1) is 20.1 Å². The Morgan fingerprint density at radius 2 is 1.70 bits per heavy atom.